The van der Waals surface area contributed by atoms with Crippen molar-refractivity contribution in [3.05, 3.63) is 84.5 Å². The molecule has 0 aliphatic carbocycles. The molecule has 0 saturated carbocycles. The van der Waals surface area contributed by atoms with E-state index >= 15 is 0 Å². The van der Waals surface area contributed by atoms with E-state index in [4.69, 9.17) is 58.0 Å². The van der Waals surface area contributed by atoms with Crippen LogP contribution >= 0.6 is 69.8 Å². The molecule has 0 unspecified atom stereocenters. The van der Waals surface area contributed by atoms with Gasteiger partial charge in [0.25, 0.3) is 5.91 Å². The second-order valence-electron chi connectivity index (χ2n) is 6.76. The van der Waals surface area contributed by atoms with Crippen molar-refractivity contribution in [3.8, 4) is 0 Å². The molecule has 3 N–H and O–H groups in total. The van der Waals surface area contributed by atoms with Gasteiger partial charge in [0.15, 0.2) is 0 Å². The van der Waals surface area contributed by atoms with Crippen molar-refractivity contribution < 1.29 is 23.9 Å². The minimum atomic E-state index is -1.52. The average molecular weight is 597 g/mol. The Kier molecular flexibility index (Phi) is 9.15. The van der Waals surface area contributed by atoms with Gasteiger partial charge in [0.05, 0.1) is 42.0 Å². The number of carboxylic acids is 1. The number of hydrogen-bond acceptors (Lipinski definition) is 4. The molecule has 13 heteroatoms. The first kappa shape index (κ1) is 27.4. The van der Waals surface area contributed by atoms with Crippen LogP contribution in [0.3, 0.4) is 0 Å². The largest absolute Gasteiger partial charge is 0.478 e. The van der Waals surface area contributed by atoms with Crippen LogP contribution in [-0.2, 0) is 4.79 Å². The van der Waals surface area contributed by atoms with Crippen molar-refractivity contribution in [2.24, 2.45) is 0 Å². The Morgan fingerprint density at radius 2 is 1.46 bits per heavy atom. The highest BCUT2D eigenvalue weighted by Gasteiger charge is 2.29. The molecule has 0 spiro atoms. The minimum absolute atomic E-state index is 0.00376. The van der Waals surface area contributed by atoms with Crippen LogP contribution < -0.4 is 10.6 Å². The highest BCUT2D eigenvalue weighted by Crippen LogP contribution is 2.42. The SMILES string of the molecule is O=C(CSc1cccc(NC(=O)c2c(Cl)c(Cl)c(Cl)c(Cl)c2C(=O)O)c1)Nc1ccc(F)c(Cl)c1. The molecule has 2 amide bonds. The molecule has 3 aromatic carbocycles. The molecule has 35 heavy (non-hydrogen) atoms. The second kappa shape index (κ2) is 11.7. The van der Waals surface area contributed by atoms with E-state index in [1.807, 2.05) is 0 Å². The van der Waals surface area contributed by atoms with Gasteiger partial charge >= 0.3 is 5.97 Å². The van der Waals surface area contributed by atoms with Crippen molar-refractivity contribution >= 4 is 98.9 Å². The van der Waals surface area contributed by atoms with Crippen LogP contribution in [0.25, 0.3) is 0 Å². The third kappa shape index (κ3) is 6.52. The number of hydrogen-bond donors (Lipinski definition) is 3. The zero-order chi connectivity index (χ0) is 25.9. The molecule has 0 fully saturated rings. The van der Waals surface area contributed by atoms with E-state index in [0.717, 1.165) is 17.8 Å². The van der Waals surface area contributed by atoms with Gasteiger partial charge in [-0.1, -0.05) is 64.1 Å². The summed E-state index contributed by atoms with van der Waals surface area (Å²) < 4.78 is 13.2. The lowest BCUT2D eigenvalue weighted by atomic mass is 10.1. The summed E-state index contributed by atoms with van der Waals surface area (Å²) in [7, 11) is 0. The summed E-state index contributed by atoms with van der Waals surface area (Å²) >= 11 is 30.9. The number of anilines is 2. The molecular weight excluding hydrogens is 585 g/mol. The van der Waals surface area contributed by atoms with E-state index in [0.29, 0.717) is 16.3 Å². The summed E-state index contributed by atoms with van der Waals surface area (Å²) in [5.41, 5.74) is -0.407. The zero-order valence-electron chi connectivity index (χ0n) is 17.1. The van der Waals surface area contributed by atoms with E-state index in [1.54, 1.807) is 24.3 Å². The molecule has 6 nitrogen and oxygen atoms in total. The molecular formula is C22H12Cl5FN2O4S. The third-order valence-electron chi connectivity index (χ3n) is 4.37. The number of nitrogens with one attached hydrogen (secondary N) is 2. The molecule has 0 saturated heterocycles. The molecule has 0 aliphatic rings. The Morgan fingerprint density at radius 3 is 2.09 bits per heavy atom. The maximum absolute atomic E-state index is 13.2. The fourth-order valence-corrected chi connectivity index (χ4v) is 4.78. The summed E-state index contributed by atoms with van der Waals surface area (Å²) in [6, 6.07) is 10.3. The Hall–Kier alpha value is -2.20. The number of halogens is 6. The van der Waals surface area contributed by atoms with Gasteiger partial charge < -0.3 is 15.7 Å². The number of carbonyl (C=O) groups excluding carboxylic acids is 2. The molecule has 3 rings (SSSR count). The first-order valence-corrected chi connectivity index (χ1v) is 12.3. The Labute approximate surface area is 227 Å². The molecule has 0 aromatic heterocycles. The highest BCUT2D eigenvalue weighted by atomic mass is 35.5. The van der Waals surface area contributed by atoms with Crippen molar-refractivity contribution in [2.45, 2.75) is 4.90 Å². The number of amides is 2. The van der Waals surface area contributed by atoms with Gasteiger partial charge in [0.2, 0.25) is 5.91 Å². The van der Waals surface area contributed by atoms with Crippen LogP contribution in [-0.4, -0.2) is 28.6 Å². The fraction of sp³-hybridized carbons (Fsp3) is 0.0455. The molecule has 182 valence electrons. The van der Waals surface area contributed by atoms with Crippen LogP contribution in [0, 0.1) is 5.82 Å². The molecule has 3 aromatic rings. The van der Waals surface area contributed by atoms with Crippen molar-refractivity contribution in [1.82, 2.24) is 0 Å². The van der Waals surface area contributed by atoms with Crippen molar-refractivity contribution in [3.63, 3.8) is 0 Å². The van der Waals surface area contributed by atoms with Gasteiger partial charge in [-0.3, -0.25) is 9.59 Å². The Balaban J connectivity index is 1.73. The van der Waals surface area contributed by atoms with Crippen LogP contribution in [0.15, 0.2) is 47.4 Å². The monoisotopic (exact) mass is 594 g/mol. The molecule has 0 aliphatic heterocycles. The standard InChI is InChI=1S/C22H12Cl5FN2O4S/c23-12-7-10(4-5-13(12)28)29-14(31)8-35-11-3-1-2-9(6-11)30-21(32)15-16(22(33)34)18(25)20(27)19(26)17(15)24/h1-7H,8H2,(H,29,31)(H,30,32)(H,33,34). The predicted molar refractivity (Wildman–Crippen MR) is 139 cm³/mol. The maximum Gasteiger partial charge on any atom is 0.338 e. The minimum Gasteiger partial charge on any atom is -0.478 e. The van der Waals surface area contributed by atoms with E-state index < -0.39 is 33.8 Å². The van der Waals surface area contributed by atoms with Gasteiger partial charge in [-0.05, 0) is 36.4 Å². The maximum atomic E-state index is 13.2. The molecule has 0 atom stereocenters. The first-order chi connectivity index (χ1) is 16.5. The van der Waals surface area contributed by atoms with Gasteiger partial charge in [-0.15, -0.1) is 11.8 Å². The number of carbonyl (C=O) groups is 3. The summed E-state index contributed by atoms with van der Waals surface area (Å²) in [5.74, 6) is -3.35. The summed E-state index contributed by atoms with van der Waals surface area (Å²) in [4.78, 5) is 37.4. The predicted octanol–water partition coefficient (Wildman–Crippen LogP) is 7.77. The van der Waals surface area contributed by atoms with Crippen LogP contribution in [0.2, 0.25) is 25.1 Å². The van der Waals surface area contributed by atoms with Crippen LogP contribution in [0.4, 0.5) is 15.8 Å². The van der Waals surface area contributed by atoms with Crippen molar-refractivity contribution in [2.75, 3.05) is 16.4 Å². The number of thioether (sulfide) groups is 1. The Morgan fingerprint density at radius 1 is 0.829 bits per heavy atom. The quantitative estimate of drug-likeness (QED) is 0.147. The van der Waals surface area contributed by atoms with Crippen LogP contribution in [0.1, 0.15) is 20.7 Å². The molecule has 0 heterocycles. The van der Waals surface area contributed by atoms with E-state index in [2.05, 4.69) is 10.6 Å². The Bertz CT molecular complexity index is 1360. The number of benzene rings is 3. The lowest BCUT2D eigenvalue weighted by Crippen LogP contribution is -2.18. The van der Waals surface area contributed by atoms with Gasteiger partial charge in [-0.2, -0.15) is 0 Å². The van der Waals surface area contributed by atoms with Crippen LogP contribution in [0.5, 0.6) is 0 Å². The third-order valence-corrected chi connectivity index (χ3v) is 7.46. The molecule has 0 radical (unpaired) electrons. The number of aromatic carboxylic acids is 1. The first-order valence-electron chi connectivity index (χ1n) is 9.38. The van der Waals surface area contributed by atoms with Gasteiger partial charge in [0.1, 0.15) is 5.82 Å². The highest BCUT2D eigenvalue weighted by molar-refractivity contribution is 8.00. The number of rotatable bonds is 7. The van der Waals surface area contributed by atoms with E-state index in [1.165, 1.54) is 12.1 Å². The summed E-state index contributed by atoms with van der Waals surface area (Å²) in [6.07, 6.45) is 0. The van der Waals surface area contributed by atoms with Gasteiger partial charge in [0, 0.05) is 16.3 Å². The lowest BCUT2D eigenvalue weighted by Gasteiger charge is -2.14. The van der Waals surface area contributed by atoms with Gasteiger partial charge in [-0.25, -0.2) is 9.18 Å². The topological polar surface area (TPSA) is 95.5 Å². The lowest BCUT2D eigenvalue weighted by molar-refractivity contribution is -0.113. The summed E-state index contributed by atoms with van der Waals surface area (Å²) in [5, 5.41) is 13.2. The molecule has 0 bridgehead atoms. The number of carboxylic acid groups (broad SMARTS) is 1. The fourth-order valence-electron chi connectivity index (χ4n) is 2.82. The normalized spacial score (nSPS) is 10.7. The van der Waals surface area contributed by atoms with E-state index in [9.17, 15) is 23.9 Å². The van der Waals surface area contributed by atoms with E-state index in [-0.39, 0.29) is 31.8 Å². The second-order valence-corrected chi connectivity index (χ2v) is 9.73. The summed E-state index contributed by atoms with van der Waals surface area (Å²) in [6.45, 7) is 0. The average Bonchev–Trinajstić information content (AvgIpc) is 2.80. The van der Waals surface area contributed by atoms with Crippen molar-refractivity contribution in [1.29, 1.82) is 0 Å². The zero-order valence-corrected chi connectivity index (χ0v) is 21.7. The smallest absolute Gasteiger partial charge is 0.338 e.